The number of amides is 1. The lowest BCUT2D eigenvalue weighted by Crippen LogP contribution is -2.35. The Kier molecular flexibility index (Phi) is 3.96. The minimum absolute atomic E-state index is 0.219. The van der Waals surface area contributed by atoms with Crippen molar-refractivity contribution in [3.63, 3.8) is 0 Å². The number of piperidine rings is 1. The number of nitrogens with one attached hydrogen (secondary N) is 1. The summed E-state index contributed by atoms with van der Waals surface area (Å²) in [5.41, 5.74) is 6.70. The van der Waals surface area contributed by atoms with Gasteiger partial charge in [0.05, 0.1) is 11.3 Å². The van der Waals surface area contributed by atoms with Gasteiger partial charge in [-0.2, -0.15) is 5.26 Å². The minimum Gasteiger partial charge on any atom is -0.396 e. The van der Waals surface area contributed by atoms with Crippen LogP contribution in [0.15, 0.2) is 0 Å². The van der Waals surface area contributed by atoms with Crippen molar-refractivity contribution in [1.82, 2.24) is 5.32 Å². The topological polar surface area (TPSA) is 82.2 Å². The Morgan fingerprint density at radius 2 is 2.37 bits per heavy atom. The summed E-state index contributed by atoms with van der Waals surface area (Å²) < 4.78 is 0. The molecule has 0 spiro atoms. The summed E-state index contributed by atoms with van der Waals surface area (Å²) in [7, 11) is 1.58. The van der Waals surface area contributed by atoms with Crippen molar-refractivity contribution >= 4 is 27.9 Å². The highest BCUT2D eigenvalue weighted by Gasteiger charge is 2.27. The van der Waals surface area contributed by atoms with Crippen LogP contribution in [0.2, 0.25) is 0 Å². The summed E-state index contributed by atoms with van der Waals surface area (Å²) in [5.74, 6) is 0.378. The molecule has 0 radical (unpaired) electrons. The van der Waals surface area contributed by atoms with E-state index in [2.05, 4.69) is 23.2 Å². The molecule has 0 saturated carbocycles. The molecular weight excluding hydrogens is 260 g/mol. The molecule has 1 aliphatic heterocycles. The molecule has 0 aromatic carbocycles. The van der Waals surface area contributed by atoms with E-state index in [0.29, 0.717) is 22.0 Å². The maximum atomic E-state index is 12.0. The molecule has 6 heteroatoms. The molecule has 1 atom stereocenters. The lowest BCUT2D eigenvalue weighted by Gasteiger charge is -2.32. The van der Waals surface area contributed by atoms with Crippen molar-refractivity contribution in [2.75, 3.05) is 30.8 Å². The largest absolute Gasteiger partial charge is 0.396 e. The molecule has 3 N–H and O–H groups in total. The van der Waals surface area contributed by atoms with E-state index in [-0.39, 0.29) is 5.91 Å². The molecule has 1 aromatic rings. The van der Waals surface area contributed by atoms with E-state index in [4.69, 9.17) is 11.0 Å². The van der Waals surface area contributed by atoms with Crippen LogP contribution in [0.5, 0.6) is 0 Å². The number of nitrogen functional groups attached to an aromatic ring is 1. The summed E-state index contributed by atoms with van der Waals surface area (Å²) in [6.07, 6.45) is 2.31. The average molecular weight is 278 g/mol. The highest BCUT2D eigenvalue weighted by atomic mass is 32.1. The number of hydrogen-bond donors (Lipinski definition) is 2. The SMILES string of the molecule is CNC(=O)c1c(N2CCCC(C)C2)sc(C#N)c1N. The first-order valence-corrected chi connectivity index (χ1v) is 7.19. The van der Waals surface area contributed by atoms with Gasteiger partial charge in [-0.25, -0.2) is 0 Å². The van der Waals surface area contributed by atoms with E-state index >= 15 is 0 Å². The molecular formula is C13H18N4OS. The van der Waals surface area contributed by atoms with Gasteiger partial charge in [0, 0.05) is 20.1 Å². The zero-order valence-corrected chi connectivity index (χ0v) is 12.0. The number of thiophene rings is 1. The molecule has 5 nitrogen and oxygen atoms in total. The van der Waals surface area contributed by atoms with Crippen LogP contribution in [0.25, 0.3) is 0 Å². The van der Waals surface area contributed by atoms with Gasteiger partial charge in [0.1, 0.15) is 15.9 Å². The molecule has 19 heavy (non-hydrogen) atoms. The van der Waals surface area contributed by atoms with Crippen LogP contribution in [0.1, 0.15) is 35.0 Å². The first kappa shape index (κ1) is 13.7. The van der Waals surface area contributed by atoms with Crippen molar-refractivity contribution < 1.29 is 4.79 Å². The number of hydrogen-bond acceptors (Lipinski definition) is 5. The fourth-order valence-corrected chi connectivity index (χ4v) is 3.51. The number of carbonyl (C=O) groups excluding carboxylic acids is 1. The Labute approximate surface area is 117 Å². The van der Waals surface area contributed by atoms with Gasteiger partial charge in [0.15, 0.2) is 0 Å². The molecule has 2 heterocycles. The Balaban J connectivity index is 2.44. The molecule has 0 aliphatic carbocycles. The molecule has 1 aliphatic rings. The van der Waals surface area contributed by atoms with Crippen molar-refractivity contribution in [2.24, 2.45) is 5.92 Å². The fourth-order valence-electron chi connectivity index (χ4n) is 2.46. The van der Waals surface area contributed by atoms with Crippen molar-refractivity contribution in [3.8, 4) is 6.07 Å². The Morgan fingerprint density at radius 3 is 2.95 bits per heavy atom. The zero-order valence-electron chi connectivity index (χ0n) is 11.2. The van der Waals surface area contributed by atoms with Gasteiger partial charge < -0.3 is 16.0 Å². The molecule has 102 valence electrons. The lowest BCUT2D eigenvalue weighted by atomic mass is 10.0. The third-order valence-corrected chi connectivity index (χ3v) is 4.60. The van der Waals surface area contributed by atoms with Gasteiger partial charge in [-0.3, -0.25) is 4.79 Å². The quantitative estimate of drug-likeness (QED) is 0.864. The number of anilines is 2. The smallest absolute Gasteiger partial charge is 0.256 e. The number of nitriles is 1. The maximum absolute atomic E-state index is 12.0. The number of rotatable bonds is 2. The van der Waals surface area contributed by atoms with Crippen LogP contribution >= 0.6 is 11.3 Å². The van der Waals surface area contributed by atoms with Gasteiger partial charge in [0.2, 0.25) is 0 Å². The fraction of sp³-hybridized carbons (Fsp3) is 0.538. The number of carbonyl (C=O) groups is 1. The van der Waals surface area contributed by atoms with Gasteiger partial charge in [-0.1, -0.05) is 6.92 Å². The summed E-state index contributed by atoms with van der Waals surface area (Å²) in [6, 6.07) is 2.07. The molecule has 1 saturated heterocycles. The van der Waals surface area contributed by atoms with Crippen molar-refractivity contribution in [3.05, 3.63) is 10.4 Å². The zero-order chi connectivity index (χ0) is 14.0. The molecule has 2 rings (SSSR count). The lowest BCUT2D eigenvalue weighted by molar-refractivity contribution is 0.0964. The van der Waals surface area contributed by atoms with Crippen LogP contribution in [-0.2, 0) is 0 Å². The molecule has 0 bridgehead atoms. The van der Waals surface area contributed by atoms with E-state index in [9.17, 15) is 4.79 Å². The van der Waals surface area contributed by atoms with Crippen LogP contribution < -0.4 is 16.0 Å². The summed E-state index contributed by atoms with van der Waals surface area (Å²) in [5, 5.41) is 12.5. The van der Waals surface area contributed by atoms with Crippen molar-refractivity contribution in [1.29, 1.82) is 5.26 Å². The molecule has 1 unspecified atom stereocenters. The number of nitrogens with two attached hydrogens (primary N) is 1. The van der Waals surface area contributed by atoms with E-state index in [1.807, 2.05) is 0 Å². The first-order valence-electron chi connectivity index (χ1n) is 6.37. The minimum atomic E-state index is -0.219. The average Bonchev–Trinajstić information content (AvgIpc) is 2.75. The van der Waals surface area contributed by atoms with Crippen LogP contribution in [0.4, 0.5) is 10.7 Å². The van der Waals surface area contributed by atoms with Gasteiger partial charge >= 0.3 is 0 Å². The van der Waals surface area contributed by atoms with Gasteiger partial charge in [-0.15, -0.1) is 11.3 Å². The number of nitrogens with zero attached hydrogens (tertiary/aromatic N) is 2. The monoisotopic (exact) mass is 278 g/mol. The third kappa shape index (κ3) is 2.51. The van der Waals surface area contributed by atoms with Crippen molar-refractivity contribution in [2.45, 2.75) is 19.8 Å². The predicted octanol–water partition coefficient (Wildman–Crippen LogP) is 1.80. The Hall–Kier alpha value is -1.74. The second-order valence-electron chi connectivity index (χ2n) is 4.91. The highest BCUT2D eigenvalue weighted by molar-refractivity contribution is 7.17. The van der Waals surface area contributed by atoms with Crippen LogP contribution in [0, 0.1) is 17.2 Å². The summed E-state index contributed by atoms with van der Waals surface area (Å²) in [4.78, 5) is 14.6. The van der Waals surface area contributed by atoms with Gasteiger partial charge in [0.25, 0.3) is 5.91 Å². The summed E-state index contributed by atoms with van der Waals surface area (Å²) in [6.45, 7) is 4.03. The van der Waals surface area contributed by atoms with E-state index in [1.165, 1.54) is 17.8 Å². The standard InChI is InChI=1S/C13H18N4OS/c1-8-4-3-5-17(7-8)13-10(12(18)16-2)11(15)9(6-14)19-13/h8H,3-5,7,15H2,1-2H3,(H,16,18). The molecule has 1 fully saturated rings. The first-order chi connectivity index (χ1) is 9.08. The Bertz CT molecular complexity index is 531. The van der Waals surface area contributed by atoms with Crippen LogP contribution in [-0.4, -0.2) is 26.0 Å². The molecule has 1 amide bonds. The second kappa shape index (κ2) is 5.49. The van der Waals surface area contributed by atoms with E-state index in [0.717, 1.165) is 24.5 Å². The normalized spacial score (nSPS) is 19.0. The van der Waals surface area contributed by atoms with Crippen LogP contribution in [0.3, 0.4) is 0 Å². The third-order valence-electron chi connectivity index (χ3n) is 3.43. The maximum Gasteiger partial charge on any atom is 0.256 e. The molecule has 1 aromatic heterocycles. The second-order valence-corrected chi connectivity index (χ2v) is 5.91. The van der Waals surface area contributed by atoms with Gasteiger partial charge in [-0.05, 0) is 18.8 Å². The summed E-state index contributed by atoms with van der Waals surface area (Å²) >= 11 is 1.32. The predicted molar refractivity (Wildman–Crippen MR) is 77.4 cm³/mol. The highest BCUT2D eigenvalue weighted by Crippen LogP contribution is 2.39. The van der Waals surface area contributed by atoms with E-state index < -0.39 is 0 Å². The Morgan fingerprint density at radius 1 is 1.63 bits per heavy atom. The van der Waals surface area contributed by atoms with E-state index in [1.54, 1.807) is 7.05 Å².